The van der Waals surface area contributed by atoms with Gasteiger partial charge in [0.2, 0.25) is 0 Å². The lowest BCUT2D eigenvalue weighted by Crippen LogP contribution is -2.35. The van der Waals surface area contributed by atoms with Crippen LogP contribution in [-0.4, -0.2) is 18.5 Å². The number of nitrogens with two attached hydrogens (primary N) is 1. The first-order valence-electron chi connectivity index (χ1n) is 6.65. The van der Waals surface area contributed by atoms with Crippen molar-refractivity contribution in [3.63, 3.8) is 0 Å². The van der Waals surface area contributed by atoms with Gasteiger partial charge in [-0.2, -0.15) is 0 Å². The Labute approximate surface area is 127 Å². The molecule has 0 saturated heterocycles. The molecule has 1 aliphatic rings. The van der Waals surface area contributed by atoms with E-state index < -0.39 is 23.4 Å². The number of carbonyl (C=O) groups excluding carboxylic acids is 1. The fourth-order valence-electron chi connectivity index (χ4n) is 2.54. The van der Waals surface area contributed by atoms with Crippen LogP contribution in [0.25, 0.3) is 0 Å². The fourth-order valence-corrected chi connectivity index (χ4v) is 2.54. The third kappa shape index (κ3) is 4.61. The maximum Gasteiger partial charge on any atom is 0.251 e. The Kier molecular flexibility index (Phi) is 6.48. The highest BCUT2D eigenvalue weighted by Crippen LogP contribution is 2.22. The van der Waals surface area contributed by atoms with E-state index in [4.69, 9.17) is 5.73 Å². The van der Waals surface area contributed by atoms with Crippen LogP contribution in [0.15, 0.2) is 12.1 Å². The molecule has 2 unspecified atom stereocenters. The largest absolute Gasteiger partial charge is 0.352 e. The van der Waals surface area contributed by atoms with Gasteiger partial charge in [-0.1, -0.05) is 6.42 Å². The van der Waals surface area contributed by atoms with Gasteiger partial charge < -0.3 is 11.1 Å². The van der Waals surface area contributed by atoms with Gasteiger partial charge >= 0.3 is 0 Å². The lowest BCUT2D eigenvalue weighted by atomic mass is 9.86. The van der Waals surface area contributed by atoms with Crippen molar-refractivity contribution in [2.45, 2.75) is 31.7 Å². The van der Waals surface area contributed by atoms with Gasteiger partial charge in [-0.25, -0.2) is 13.2 Å². The van der Waals surface area contributed by atoms with Crippen molar-refractivity contribution >= 4 is 18.3 Å². The number of amides is 1. The van der Waals surface area contributed by atoms with Crippen LogP contribution in [0.1, 0.15) is 36.0 Å². The van der Waals surface area contributed by atoms with Crippen LogP contribution in [0.3, 0.4) is 0 Å². The summed E-state index contributed by atoms with van der Waals surface area (Å²) in [6.07, 6.45) is 3.80. The second kappa shape index (κ2) is 7.66. The Bertz CT molecular complexity index is 490. The van der Waals surface area contributed by atoms with E-state index in [1.807, 2.05) is 0 Å². The molecule has 118 valence electrons. The second-order valence-corrected chi connectivity index (χ2v) is 5.26. The summed E-state index contributed by atoms with van der Waals surface area (Å²) in [5.74, 6) is -4.63. The SMILES string of the molecule is Cl.NC1CCCC(CNC(=O)c2cc(F)c(F)c(F)c2)C1. The first-order chi connectivity index (χ1) is 9.47. The molecule has 7 heteroatoms. The monoisotopic (exact) mass is 322 g/mol. The molecule has 1 aromatic carbocycles. The van der Waals surface area contributed by atoms with Crippen LogP contribution < -0.4 is 11.1 Å². The van der Waals surface area contributed by atoms with Crippen LogP contribution in [0, 0.1) is 23.4 Å². The van der Waals surface area contributed by atoms with Crippen LogP contribution in [0.4, 0.5) is 13.2 Å². The van der Waals surface area contributed by atoms with Gasteiger partial charge in [0.25, 0.3) is 5.91 Å². The number of benzene rings is 1. The minimum absolute atomic E-state index is 0. The van der Waals surface area contributed by atoms with Gasteiger partial charge in [0, 0.05) is 18.2 Å². The zero-order valence-corrected chi connectivity index (χ0v) is 12.2. The van der Waals surface area contributed by atoms with Crippen LogP contribution in [0.5, 0.6) is 0 Å². The third-order valence-corrected chi connectivity index (χ3v) is 3.62. The summed E-state index contributed by atoms with van der Waals surface area (Å²) in [7, 11) is 0. The van der Waals surface area contributed by atoms with E-state index in [1.165, 1.54) is 0 Å². The molecule has 0 heterocycles. The van der Waals surface area contributed by atoms with Crippen LogP contribution >= 0.6 is 12.4 Å². The number of hydrogen-bond acceptors (Lipinski definition) is 2. The average molecular weight is 323 g/mol. The van der Waals surface area contributed by atoms with Crippen molar-refractivity contribution in [3.8, 4) is 0 Å². The zero-order chi connectivity index (χ0) is 14.7. The van der Waals surface area contributed by atoms with Gasteiger partial charge in [0.15, 0.2) is 17.5 Å². The third-order valence-electron chi connectivity index (χ3n) is 3.62. The Morgan fingerprint density at radius 3 is 2.43 bits per heavy atom. The molecular formula is C14H18ClF3N2O. The molecule has 1 aliphatic carbocycles. The minimum atomic E-state index is -1.57. The van der Waals surface area contributed by atoms with Crippen molar-refractivity contribution in [2.75, 3.05) is 6.54 Å². The molecule has 0 bridgehead atoms. The van der Waals surface area contributed by atoms with Crippen molar-refractivity contribution in [2.24, 2.45) is 11.7 Å². The number of halogens is 4. The summed E-state index contributed by atoms with van der Waals surface area (Å²) in [4.78, 5) is 11.8. The standard InChI is InChI=1S/C14H17F3N2O.ClH/c15-11-5-9(6-12(16)13(11)17)14(20)19-7-8-2-1-3-10(18)4-8;/h5-6,8,10H,1-4,7,18H2,(H,19,20);1H. The van der Waals surface area contributed by atoms with Crippen LogP contribution in [-0.2, 0) is 0 Å². The van der Waals surface area contributed by atoms with Gasteiger partial charge in [-0.15, -0.1) is 12.4 Å². The highest BCUT2D eigenvalue weighted by atomic mass is 35.5. The molecule has 1 saturated carbocycles. The first-order valence-corrected chi connectivity index (χ1v) is 6.65. The predicted octanol–water partition coefficient (Wildman–Crippen LogP) is 2.77. The van der Waals surface area contributed by atoms with Gasteiger partial charge in [0.1, 0.15) is 0 Å². The van der Waals surface area contributed by atoms with E-state index >= 15 is 0 Å². The molecule has 0 aromatic heterocycles. The average Bonchev–Trinajstić information content (AvgIpc) is 2.41. The number of rotatable bonds is 3. The summed E-state index contributed by atoms with van der Waals surface area (Å²) in [6.45, 7) is 0.410. The predicted molar refractivity (Wildman–Crippen MR) is 75.8 cm³/mol. The summed E-state index contributed by atoms with van der Waals surface area (Å²) < 4.78 is 38.9. The fraction of sp³-hybridized carbons (Fsp3) is 0.500. The zero-order valence-electron chi connectivity index (χ0n) is 11.4. The molecular weight excluding hydrogens is 305 g/mol. The minimum Gasteiger partial charge on any atom is -0.352 e. The molecule has 0 radical (unpaired) electrons. The van der Waals surface area contributed by atoms with Gasteiger partial charge in [-0.05, 0) is 37.3 Å². The molecule has 3 nitrogen and oxygen atoms in total. The highest BCUT2D eigenvalue weighted by molar-refractivity contribution is 5.94. The molecule has 3 N–H and O–H groups in total. The molecule has 0 spiro atoms. The maximum absolute atomic E-state index is 13.0. The summed E-state index contributed by atoms with van der Waals surface area (Å²) in [5.41, 5.74) is 5.62. The molecule has 2 atom stereocenters. The number of hydrogen-bond donors (Lipinski definition) is 2. The Balaban J connectivity index is 0.00000220. The van der Waals surface area contributed by atoms with E-state index in [0.717, 1.165) is 25.7 Å². The van der Waals surface area contributed by atoms with Gasteiger partial charge in [0.05, 0.1) is 0 Å². The molecule has 2 rings (SSSR count). The number of carbonyl (C=O) groups is 1. The van der Waals surface area contributed by atoms with Crippen molar-refractivity contribution < 1.29 is 18.0 Å². The number of nitrogens with one attached hydrogen (secondary N) is 1. The van der Waals surface area contributed by atoms with Crippen molar-refractivity contribution in [3.05, 3.63) is 35.1 Å². The smallest absolute Gasteiger partial charge is 0.251 e. The van der Waals surface area contributed by atoms with E-state index in [-0.39, 0.29) is 29.9 Å². The Morgan fingerprint density at radius 1 is 1.24 bits per heavy atom. The first kappa shape index (κ1) is 17.8. The maximum atomic E-state index is 13.0. The Morgan fingerprint density at radius 2 is 1.86 bits per heavy atom. The van der Waals surface area contributed by atoms with Crippen LogP contribution in [0.2, 0.25) is 0 Å². The van der Waals surface area contributed by atoms with Crippen molar-refractivity contribution in [1.29, 1.82) is 0 Å². The summed E-state index contributed by atoms with van der Waals surface area (Å²) >= 11 is 0. The van der Waals surface area contributed by atoms with Crippen molar-refractivity contribution in [1.82, 2.24) is 5.32 Å². The van der Waals surface area contributed by atoms with E-state index in [9.17, 15) is 18.0 Å². The molecule has 1 amide bonds. The topological polar surface area (TPSA) is 55.1 Å². The van der Waals surface area contributed by atoms with E-state index in [0.29, 0.717) is 18.7 Å². The highest BCUT2D eigenvalue weighted by Gasteiger charge is 2.20. The quantitative estimate of drug-likeness (QED) is 0.841. The normalized spacial score (nSPS) is 21.5. The lowest BCUT2D eigenvalue weighted by molar-refractivity contribution is 0.0941. The van der Waals surface area contributed by atoms with E-state index in [1.54, 1.807) is 0 Å². The lowest BCUT2D eigenvalue weighted by Gasteiger charge is -2.26. The summed E-state index contributed by atoms with van der Waals surface area (Å²) in [5, 5.41) is 2.61. The summed E-state index contributed by atoms with van der Waals surface area (Å²) in [6, 6.07) is 1.53. The Hall–Kier alpha value is -1.27. The molecule has 1 aromatic rings. The molecule has 0 aliphatic heterocycles. The molecule has 21 heavy (non-hydrogen) atoms. The second-order valence-electron chi connectivity index (χ2n) is 5.26. The molecule has 1 fully saturated rings. The van der Waals surface area contributed by atoms with E-state index in [2.05, 4.69) is 5.32 Å². The van der Waals surface area contributed by atoms with Gasteiger partial charge in [-0.3, -0.25) is 4.79 Å².